The van der Waals surface area contributed by atoms with Crippen LogP contribution in [0.1, 0.15) is 16.7 Å². The van der Waals surface area contributed by atoms with Gasteiger partial charge in [0.25, 0.3) is 0 Å². The van der Waals surface area contributed by atoms with Gasteiger partial charge in [-0.2, -0.15) is 0 Å². The number of aromatic nitrogens is 1. The number of benzene rings is 1. The summed E-state index contributed by atoms with van der Waals surface area (Å²) in [5.41, 5.74) is 3.98. The van der Waals surface area contributed by atoms with Crippen LogP contribution in [0.5, 0.6) is 0 Å². The first-order valence-corrected chi connectivity index (χ1v) is 7.30. The molecule has 3 aromatic rings. The van der Waals surface area contributed by atoms with Gasteiger partial charge in [0.05, 0.1) is 17.7 Å². The Bertz CT molecular complexity index is 838. The highest BCUT2D eigenvalue weighted by atomic mass is 35.5. The smallest absolute Gasteiger partial charge is 0.230 e. The average Bonchev–Trinajstić information content (AvgIpc) is 2.89. The molecular weight excluding hydrogens is 300 g/mol. The number of nitrogens with one attached hydrogen (secondary N) is 1. The maximum absolute atomic E-state index is 12.1. The number of nitrogens with zero attached hydrogens (tertiary/aromatic N) is 1. The van der Waals surface area contributed by atoms with Crippen molar-refractivity contribution in [3.8, 4) is 0 Å². The normalized spacial score (nSPS) is 10.9. The highest BCUT2D eigenvalue weighted by Crippen LogP contribution is 2.26. The first kappa shape index (κ1) is 14.6. The molecule has 1 aromatic carbocycles. The SMILES string of the molecule is Cc1ccc2c(CC(=O)Nc3ccc(Cl)cn3)coc2c1C. The summed E-state index contributed by atoms with van der Waals surface area (Å²) in [7, 11) is 0. The lowest BCUT2D eigenvalue weighted by atomic mass is 10.0. The second kappa shape index (κ2) is 5.81. The fraction of sp³-hybridized carbons (Fsp3) is 0.176. The Labute approximate surface area is 133 Å². The second-order valence-electron chi connectivity index (χ2n) is 5.23. The molecule has 0 spiro atoms. The molecule has 5 heteroatoms. The highest BCUT2D eigenvalue weighted by molar-refractivity contribution is 6.30. The van der Waals surface area contributed by atoms with Crippen LogP contribution in [0.3, 0.4) is 0 Å². The van der Waals surface area contributed by atoms with Crippen LogP contribution < -0.4 is 5.32 Å². The summed E-state index contributed by atoms with van der Waals surface area (Å²) < 4.78 is 5.61. The van der Waals surface area contributed by atoms with E-state index in [9.17, 15) is 4.79 Å². The van der Waals surface area contributed by atoms with Gasteiger partial charge in [-0.25, -0.2) is 4.98 Å². The van der Waals surface area contributed by atoms with Crippen molar-refractivity contribution >= 4 is 34.3 Å². The minimum absolute atomic E-state index is 0.143. The van der Waals surface area contributed by atoms with Crippen LogP contribution >= 0.6 is 11.6 Å². The van der Waals surface area contributed by atoms with Crippen LogP contribution in [0.25, 0.3) is 11.0 Å². The number of furan rings is 1. The van der Waals surface area contributed by atoms with Crippen LogP contribution in [0.15, 0.2) is 41.1 Å². The molecule has 1 N–H and O–H groups in total. The van der Waals surface area contributed by atoms with Gasteiger partial charge < -0.3 is 9.73 Å². The maximum atomic E-state index is 12.1. The van der Waals surface area contributed by atoms with E-state index >= 15 is 0 Å². The number of aryl methyl sites for hydroxylation is 2. The summed E-state index contributed by atoms with van der Waals surface area (Å²) in [6.45, 7) is 4.05. The van der Waals surface area contributed by atoms with Crippen molar-refractivity contribution in [2.75, 3.05) is 5.32 Å². The molecule has 0 aliphatic carbocycles. The van der Waals surface area contributed by atoms with Gasteiger partial charge in [-0.1, -0.05) is 23.7 Å². The molecule has 22 heavy (non-hydrogen) atoms. The van der Waals surface area contributed by atoms with Gasteiger partial charge in [0, 0.05) is 17.1 Å². The summed E-state index contributed by atoms with van der Waals surface area (Å²) in [6, 6.07) is 7.38. The van der Waals surface area contributed by atoms with Crippen LogP contribution in [0.2, 0.25) is 5.02 Å². The summed E-state index contributed by atoms with van der Waals surface area (Å²) >= 11 is 5.77. The van der Waals surface area contributed by atoms with Crippen LogP contribution in [0, 0.1) is 13.8 Å². The molecule has 2 aromatic heterocycles. The lowest BCUT2D eigenvalue weighted by Crippen LogP contribution is -2.14. The highest BCUT2D eigenvalue weighted by Gasteiger charge is 2.13. The predicted octanol–water partition coefficient (Wildman–Crippen LogP) is 4.28. The number of amides is 1. The molecule has 0 unspecified atom stereocenters. The minimum atomic E-state index is -0.143. The molecule has 2 heterocycles. The molecule has 0 saturated heterocycles. The number of carbonyl (C=O) groups is 1. The van der Waals surface area contributed by atoms with Crippen LogP contribution in [-0.4, -0.2) is 10.9 Å². The number of hydrogen-bond acceptors (Lipinski definition) is 3. The molecule has 0 fully saturated rings. The molecule has 0 saturated carbocycles. The van der Waals surface area contributed by atoms with E-state index in [-0.39, 0.29) is 12.3 Å². The molecule has 0 radical (unpaired) electrons. The van der Waals surface area contributed by atoms with E-state index in [2.05, 4.69) is 10.3 Å². The Balaban J connectivity index is 1.79. The Morgan fingerprint density at radius 2 is 2.09 bits per heavy atom. The molecule has 0 atom stereocenters. The van der Waals surface area contributed by atoms with E-state index in [0.29, 0.717) is 10.8 Å². The van der Waals surface area contributed by atoms with E-state index in [1.807, 2.05) is 26.0 Å². The van der Waals surface area contributed by atoms with Gasteiger partial charge in [0.2, 0.25) is 5.91 Å². The Morgan fingerprint density at radius 1 is 1.27 bits per heavy atom. The van der Waals surface area contributed by atoms with Crippen molar-refractivity contribution in [3.63, 3.8) is 0 Å². The summed E-state index contributed by atoms with van der Waals surface area (Å²) in [5.74, 6) is 0.338. The minimum Gasteiger partial charge on any atom is -0.464 e. The van der Waals surface area contributed by atoms with Crippen molar-refractivity contribution in [1.82, 2.24) is 4.98 Å². The lowest BCUT2D eigenvalue weighted by Gasteiger charge is -2.04. The molecular formula is C17H15ClN2O2. The number of halogens is 1. The molecule has 3 rings (SSSR count). The zero-order valence-electron chi connectivity index (χ0n) is 12.3. The number of pyridine rings is 1. The van der Waals surface area contributed by atoms with Crippen LogP contribution in [0.4, 0.5) is 5.82 Å². The van der Waals surface area contributed by atoms with Gasteiger partial charge in [0.15, 0.2) is 0 Å². The van der Waals surface area contributed by atoms with Crippen molar-refractivity contribution in [3.05, 3.63) is 58.4 Å². The van der Waals surface area contributed by atoms with Gasteiger partial charge >= 0.3 is 0 Å². The molecule has 4 nitrogen and oxygen atoms in total. The summed E-state index contributed by atoms with van der Waals surface area (Å²) in [5, 5.41) is 4.25. The summed E-state index contributed by atoms with van der Waals surface area (Å²) in [6.07, 6.45) is 3.38. The Hall–Kier alpha value is -2.33. The average molecular weight is 315 g/mol. The number of fused-ring (bicyclic) bond motifs is 1. The third kappa shape index (κ3) is 2.83. The quantitative estimate of drug-likeness (QED) is 0.785. The molecule has 0 aliphatic rings. The third-order valence-electron chi connectivity index (χ3n) is 3.69. The van der Waals surface area contributed by atoms with Gasteiger partial charge in [-0.05, 0) is 37.1 Å². The fourth-order valence-corrected chi connectivity index (χ4v) is 2.45. The van der Waals surface area contributed by atoms with Crippen molar-refractivity contribution < 1.29 is 9.21 Å². The van der Waals surface area contributed by atoms with Crippen molar-refractivity contribution in [1.29, 1.82) is 0 Å². The largest absolute Gasteiger partial charge is 0.464 e. The van der Waals surface area contributed by atoms with Gasteiger partial charge in [-0.15, -0.1) is 0 Å². The third-order valence-corrected chi connectivity index (χ3v) is 3.91. The second-order valence-corrected chi connectivity index (χ2v) is 5.67. The van der Waals surface area contributed by atoms with Crippen molar-refractivity contribution in [2.24, 2.45) is 0 Å². The van der Waals surface area contributed by atoms with Gasteiger partial charge in [0.1, 0.15) is 11.4 Å². The standard InChI is InChI=1S/C17H15ClN2O2/c1-10-3-5-14-12(9-22-17(14)11(10)2)7-16(21)20-15-6-4-13(18)8-19-15/h3-6,8-9H,7H2,1-2H3,(H,19,20,21). The molecule has 112 valence electrons. The zero-order valence-corrected chi connectivity index (χ0v) is 13.1. The monoisotopic (exact) mass is 314 g/mol. The predicted molar refractivity (Wildman–Crippen MR) is 87.3 cm³/mol. The maximum Gasteiger partial charge on any atom is 0.230 e. The zero-order chi connectivity index (χ0) is 15.7. The van der Waals surface area contributed by atoms with Crippen molar-refractivity contribution in [2.45, 2.75) is 20.3 Å². The summed E-state index contributed by atoms with van der Waals surface area (Å²) in [4.78, 5) is 16.2. The van der Waals surface area contributed by atoms with Crippen LogP contribution in [-0.2, 0) is 11.2 Å². The first-order chi connectivity index (χ1) is 10.5. The molecule has 1 amide bonds. The number of anilines is 1. The van der Waals surface area contributed by atoms with E-state index in [1.54, 1.807) is 18.4 Å². The first-order valence-electron chi connectivity index (χ1n) is 6.92. The fourth-order valence-electron chi connectivity index (χ4n) is 2.34. The number of carbonyl (C=O) groups excluding carboxylic acids is 1. The number of rotatable bonds is 3. The molecule has 0 aliphatic heterocycles. The topological polar surface area (TPSA) is 55.1 Å². The van der Waals surface area contributed by atoms with E-state index in [4.69, 9.17) is 16.0 Å². The van der Waals surface area contributed by atoms with E-state index in [1.165, 1.54) is 11.8 Å². The van der Waals surface area contributed by atoms with E-state index in [0.717, 1.165) is 22.1 Å². The lowest BCUT2D eigenvalue weighted by molar-refractivity contribution is -0.115. The molecule has 0 bridgehead atoms. The van der Waals surface area contributed by atoms with Gasteiger partial charge in [-0.3, -0.25) is 4.79 Å². The number of hydrogen-bond donors (Lipinski definition) is 1. The van der Waals surface area contributed by atoms with E-state index < -0.39 is 0 Å². The Morgan fingerprint density at radius 3 is 2.82 bits per heavy atom. The Kier molecular flexibility index (Phi) is 3.86.